The zero-order valence-electron chi connectivity index (χ0n) is 28.3. The summed E-state index contributed by atoms with van der Waals surface area (Å²) in [6.45, 7) is 17.1. The number of carbonyl (C=O) groups is 2. The van der Waals surface area contributed by atoms with Crippen LogP contribution in [0.3, 0.4) is 0 Å². The summed E-state index contributed by atoms with van der Waals surface area (Å²) >= 11 is 0. The van der Waals surface area contributed by atoms with Gasteiger partial charge in [-0.15, -0.1) is 0 Å². The highest BCUT2D eigenvalue weighted by molar-refractivity contribution is 6.76. The molecular formula is C31H48N8O6Si. The molecule has 0 radical (unpaired) electrons. The number of carbonyl (C=O) groups excluding carboxylic acids is 2. The molecule has 14 nitrogen and oxygen atoms in total. The number of ether oxygens (including phenoxy) is 4. The molecule has 15 heteroatoms. The average Bonchev–Trinajstić information content (AvgIpc) is 3.35. The van der Waals surface area contributed by atoms with Crippen molar-refractivity contribution in [3.63, 3.8) is 0 Å². The summed E-state index contributed by atoms with van der Waals surface area (Å²) in [4.78, 5) is 42.4. The second-order valence-corrected chi connectivity index (χ2v) is 19.0. The maximum atomic E-state index is 12.8. The summed E-state index contributed by atoms with van der Waals surface area (Å²) in [5, 5.41) is 6.56. The molecule has 1 fully saturated rings. The molecule has 0 bridgehead atoms. The Morgan fingerprint density at radius 3 is 2.28 bits per heavy atom. The molecule has 0 aromatic carbocycles. The molecule has 1 aliphatic rings. The molecule has 3 aromatic rings. The second kappa shape index (κ2) is 15.1. The van der Waals surface area contributed by atoms with E-state index in [-0.39, 0.29) is 18.9 Å². The third-order valence-electron chi connectivity index (χ3n) is 7.36. The van der Waals surface area contributed by atoms with Gasteiger partial charge in [-0.05, 0) is 38.9 Å². The van der Waals surface area contributed by atoms with Crippen LogP contribution in [0.25, 0.3) is 22.2 Å². The molecule has 1 saturated heterocycles. The van der Waals surface area contributed by atoms with Crippen molar-refractivity contribution in [1.82, 2.24) is 34.6 Å². The fraction of sp³-hybridized carbons (Fsp3) is 0.581. The Morgan fingerprint density at radius 2 is 1.67 bits per heavy atom. The number of rotatable bonds is 12. The fourth-order valence-corrected chi connectivity index (χ4v) is 5.69. The van der Waals surface area contributed by atoms with Gasteiger partial charge in [-0.1, -0.05) is 19.6 Å². The maximum absolute atomic E-state index is 12.8. The van der Waals surface area contributed by atoms with Crippen LogP contribution in [0.2, 0.25) is 25.7 Å². The van der Waals surface area contributed by atoms with Gasteiger partial charge >= 0.3 is 12.1 Å². The van der Waals surface area contributed by atoms with Crippen LogP contribution < -0.4 is 20.1 Å². The number of aromatic nitrogens is 4. The number of pyridine rings is 1. The Bertz CT molecular complexity index is 1470. The highest BCUT2D eigenvalue weighted by Crippen LogP contribution is 2.40. The first-order valence-corrected chi connectivity index (χ1v) is 19.2. The van der Waals surface area contributed by atoms with Gasteiger partial charge in [-0.2, -0.15) is 0 Å². The molecule has 0 aliphatic carbocycles. The van der Waals surface area contributed by atoms with Crippen LogP contribution in [0.4, 0.5) is 15.4 Å². The van der Waals surface area contributed by atoms with Crippen molar-refractivity contribution in [2.45, 2.75) is 58.8 Å². The van der Waals surface area contributed by atoms with Gasteiger partial charge < -0.3 is 33.7 Å². The van der Waals surface area contributed by atoms with Gasteiger partial charge in [0.2, 0.25) is 11.8 Å². The molecule has 0 unspecified atom stereocenters. The first-order valence-electron chi connectivity index (χ1n) is 15.5. The van der Waals surface area contributed by atoms with E-state index in [1.165, 1.54) is 6.33 Å². The standard InChI is InChI=1S/C31H48N8O6Si/c1-31(2,3)45-30(41)38-15-13-37(14-16-38)12-11-32-29(40)36-24-10-9-22-23(25-27(42-4)33-20-34-28(25)43-5)19-39(26(22)35-24)21-44-17-18-46(6,7)8/h9-10,19-20H,11-18,21H2,1-8H3,(H2,32,35,36,40). The predicted octanol–water partition coefficient (Wildman–Crippen LogP) is 4.50. The molecule has 4 rings (SSSR count). The van der Waals surface area contributed by atoms with Crippen LogP contribution in [-0.4, -0.2) is 115 Å². The second-order valence-electron chi connectivity index (χ2n) is 13.4. The van der Waals surface area contributed by atoms with Gasteiger partial charge in [-0.3, -0.25) is 10.2 Å². The number of urea groups is 1. The van der Waals surface area contributed by atoms with Crippen molar-refractivity contribution in [3.05, 3.63) is 24.7 Å². The maximum Gasteiger partial charge on any atom is 0.410 e. The molecule has 46 heavy (non-hydrogen) atoms. The lowest BCUT2D eigenvalue weighted by Crippen LogP contribution is -2.51. The summed E-state index contributed by atoms with van der Waals surface area (Å²) in [6.07, 6.45) is 3.02. The predicted molar refractivity (Wildman–Crippen MR) is 179 cm³/mol. The summed E-state index contributed by atoms with van der Waals surface area (Å²) < 4.78 is 24.5. The SMILES string of the molecule is COc1ncnc(OC)c1-c1cn(COCC[Si](C)(C)C)c2nc(NC(=O)NCCN3CCN(C(=O)OC(C)(C)C)CC3)ccc12. The van der Waals surface area contributed by atoms with Crippen molar-refractivity contribution >= 4 is 37.0 Å². The molecule has 0 spiro atoms. The van der Waals surface area contributed by atoms with Crippen LogP contribution in [0.5, 0.6) is 11.8 Å². The number of hydrogen-bond acceptors (Lipinski definition) is 10. The first-order chi connectivity index (χ1) is 21.8. The summed E-state index contributed by atoms with van der Waals surface area (Å²) in [7, 11) is 1.83. The summed E-state index contributed by atoms with van der Waals surface area (Å²) in [5.74, 6) is 1.14. The van der Waals surface area contributed by atoms with Crippen LogP contribution in [0.15, 0.2) is 24.7 Å². The highest BCUT2D eigenvalue weighted by Gasteiger charge is 2.26. The summed E-state index contributed by atoms with van der Waals surface area (Å²) in [6, 6.07) is 4.32. The normalized spacial score (nSPS) is 14.3. The lowest BCUT2D eigenvalue weighted by molar-refractivity contribution is 0.0147. The average molecular weight is 657 g/mol. The van der Waals surface area contributed by atoms with Gasteiger partial charge in [0, 0.05) is 71.1 Å². The van der Waals surface area contributed by atoms with E-state index in [0.29, 0.717) is 74.7 Å². The van der Waals surface area contributed by atoms with Crippen molar-refractivity contribution in [1.29, 1.82) is 0 Å². The fourth-order valence-electron chi connectivity index (χ4n) is 4.94. The lowest BCUT2D eigenvalue weighted by atomic mass is 10.1. The molecule has 1 aliphatic heterocycles. The van der Waals surface area contributed by atoms with Gasteiger partial charge in [0.05, 0.1) is 14.2 Å². The highest BCUT2D eigenvalue weighted by atomic mass is 28.3. The Balaban J connectivity index is 1.42. The van der Waals surface area contributed by atoms with E-state index in [4.69, 9.17) is 23.9 Å². The van der Waals surface area contributed by atoms with E-state index in [1.807, 2.05) is 37.6 Å². The molecule has 3 aromatic heterocycles. The Hall–Kier alpha value is -3.95. The molecule has 3 amide bonds. The quantitative estimate of drug-likeness (QED) is 0.211. The van der Waals surface area contributed by atoms with Gasteiger partial charge in [0.15, 0.2) is 0 Å². The largest absolute Gasteiger partial charge is 0.480 e. The Kier molecular flexibility index (Phi) is 11.5. The van der Waals surface area contributed by atoms with E-state index < -0.39 is 13.7 Å². The van der Waals surface area contributed by atoms with Crippen LogP contribution in [0, 0.1) is 0 Å². The van der Waals surface area contributed by atoms with Crippen LogP contribution in [-0.2, 0) is 16.2 Å². The minimum atomic E-state index is -1.26. The topological polar surface area (TPSA) is 145 Å². The first kappa shape index (κ1) is 34.9. The molecular weight excluding hydrogens is 608 g/mol. The van der Waals surface area contributed by atoms with Crippen molar-refractivity contribution in [2.24, 2.45) is 0 Å². The summed E-state index contributed by atoms with van der Waals surface area (Å²) in [5.41, 5.74) is 1.48. The Labute approximate surface area is 271 Å². The monoisotopic (exact) mass is 656 g/mol. The minimum absolute atomic E-state index is 0.281. The van der Waals surface area contributed by atoms with Gasteiger partial charge in [-0.25, -0.2) is 24.5 Å². The van der Waals surface area contributed by atoms with Crippen molar-refractivity contribution in [2.75, 3.05) is 65.4 Å². The number of piperazine rings is 1. The number of anilines is 1. The lowest BCUT2D eigenvalue weighted by Gasteiger charge is -2.35. The van der Waals surface area contributed by atoms with Crippen LogP contribution in [0.1, 0.15) is 20.8 Å². The van der Waals surface area contributed by atoms with E-state index >= 15 is 0 Å². The van der Waals surface area contributed by atoms with Gasteiger partial charge in [0.25, 0.3) is 0 Å². The van der Waals surface area contributed by atoms with Crippen LogP contribution >= 0.6 is 0 Å². The number of methoxy groups -OCH3 is 2. The molecule has 2 N–H and O–H groups in total. The number of fused-ring (bicyclic) bond motifs is 1. The Morgan fingerprint density at radius 1 is 1.00 bits per heavy atom. The smallest absolute Gasteiger partial charge is 0.410 e. The third kappa shape index (κ3) is 9.53. The van der Waals surface area contributed by atoms with Gasteiger partial charge in [0.1, 0.15) is 35.7 Å². The molecule has 0 atom stereocenters. The zero-order chi connectivity index (χ0) is 33.5. The van der Waals surface area contributed by atoms with E-state index in [9.17, 15) is 9.59 Å². The molecule has 0 saturated carbocycles. The zero-order valence-corrected chi connectivity index (χ0v) is 29.3. The number of hydrogen-bond donors (Lipinski definition) is 2. The third-order valence-corrected chi connectivity index (χ3v) is 9.07. The van der Waals surface area contributed by atoms with E-state index in [2.05, 4.69) is 45.1 Å². The van der Waals surface area contributed by atoms with E-state index in [1.54, 1.807) is 25.2 Å². The number of amides is 3. The van der Waals surface area contributed by atoms with Crippen molar-refractivity contribution in [3.8, 4) is 22.9 Å². The van der Waals surface area contributed by atoms with Crippen molar-refractivity contribution < 1.29 is 28.5 Å². The van der Waals surface area contributed by atoms with E-state index in [0.717, 1.165) is 17.0 Å². The number of nitrogens with zero attached hydrogens (tertiary/aromatic N) is 6. The minimum Gasteiger partial charge on any atom is -0.480 e. The molecule has 252 valence electrons. The molecule has 4 heterocycles. The number of nitrogens with one attached hydrogen (secondary N) is 2.